The minimum absolute atomic E-state index is 0.136. The smallest absolute Gasteiger partial charge is 0.221 e. The lowest BCUT2D eigenvalue weighted by molar-refractivity contribution is 1.18. The molecule has 4 nitrogen and oxygen atoms in total. The Bertz CT molecular complexity index is 286. The standard InChI is InChI=1S/C6H6N4/c1-2-4-3-9-6(8)10-5(4)7/h1,3H,(H4,7,8,9,10). The first-order valence-corrected chi connectivity index (χ1v) is 2.58. The van der Waals surface area contributed by atoms with E-state index < -0.39 is 0 Å². The highest BCUT2D eigenvalue weighted by Gasteiger charge is 1.96. The summed E-state index contributed by atoms with van der Waals surface area (Å²) in [6.07, 6.45) is 6.46. The summed E-state index contributed by atoms with van der Waals surface area (Å²) in [7, 11) is 0. The molecule has 50 valence electrons. The molecule has 1 heterocycles. The average molecular weight is 134 g/mol. The molecule has 0 amide bonds. The number of rotatable bonds is 0. The summed E-state index contributed by atoms with van der Waals surface area (Å²) in [5, 5.41) is 0. The Labute approximate surface area is 58.3 Å². The molecule has 0 aliphatic heterocycles. The highest BCUT2D eigenvalue weighted by molar-refractivity contribution is 5.50. The molecule has 4 N–H and O–H groups in total. The fourth-order valence-electron chi connectivity index (χ4n) is 0.521. The first-order valence-electron chi connectivity index (χ1n) is 2.58. The van der Waals surface area contributed by atoms with E-state index in [0.29, 0.717) is 5.56 Å². The van der Waals surface area contributed by atoms with E-state index in [1.54, 1.807) is 0 Å². The Hall–Kier alpha value is -1.76. The lowest BCUT2D eigenvalue weighted by Crippen LogP contribution is -2.00. The van der Waals surface area contributed by atoms with Crippen molar-refractivity contribution in [3.63, 3.8) is 0 Å². The van der Waals surface area contributed by atoms with Crippen molar-refractivity contribution < 1.29 is 0 Å². The van der Waals surface area contributed by atoms with E-state index in [-0.39, 0.29) is 11.8 Å². The summed E-state index contributed by atoms with van der Waals surface area (Å²) in [6, 6.07) is 0. The fraction of sp³-hybridized carbons (Fsp3) is 0. The summed E-state index contributed by atoms with van der Waals surface area (Å²) in [5.74, 6) is 2.70. The van der Waals surface area contributed by atoms with Gasteiger partial charge in [-0.15, -0.1) is 6.42 Å². The van der Waals surface area contributed by atoms with Crippen LogP contribution in [0.2, 0.25) is 0 Å². The first kappa shape index (κ1) is 6.36. The van der Waals surface area contributed by atoms with E-state index in [0.717, 1.165) is 0 Å². The van der Waals surface area contributed by atoms with Crippen LogP contribution in [0.25, 0.3) is 0 Å². The molecule has 0 spiro atoms. The minimum Gasteiger partial charge on any atom is -0.382 e. The highest BCUT2D eigenvalue weighted by atomic mass is 15.0. The predicted molar refractivity (Wildman–Crippen MR) is 38.8 cm³/mol. The van der Waals surface area contributed by atoms with Gasteiger partial charge in [0.1, 0.15) is 5.82 Å². The lowest BCUT2D eigenvalue weighted by atomic mass is 10.3. The molecular formula is C6H6N4. The maximum Gasteiger partial charge on any atom is 0.221 e. The number of aromatic nitrogens is 2. The molecule has 0 fully saturated rings. The maximum atomic E-state index is 5.36. The van der Waals surface area contributed by atoms with Crippen LogP contribution in [0.1, 0.15) is 5.56 Å². The summed E-state index contributed by atoms with van der Waals surface area (Å²) < 4.78 is 0. The normalized spacial score (nSPS) is 8.70. The van der Waals surface area contributed by atoms with Crippen molar-refractivity contribution in [1.82, 2.24) is 9.97 Å². The van der Waals surface area contributed by atoms with Gasteiger partial charge in [0, 0.05) is 0 Å². The monoisotopic (exact) mass is 134 g/mol. The van der Waals surface area contributed by atoms with Crippen LogP contribution in [0, 0.1) is 12.3 Å². The number of terminal acetylenes is 1. The number of anilines is 2. The molecule has 0 atom stereocenters. The topological polar surface area (TPSA) is 77.8 Å². The maximum absolute atomic E-state index is 5.36. The quantitative estimate of drug-likeness (QED) is 0.474. The zero-order valence-corrected chi connectivity index (χ0v) is 5.20. The third kappa shape index (κ3) is 0.977. The van der Waals surface area contributed by atoms with Crippen LogP contribution < -0.4 is 11.5 Å². The number of nitrogens with two attached hydrogens (primary N) is 2. The number of nitrogen functional groups attached to an aromatic ring is 2. The Kier molecular flexibility index (Phi) is 1.42. The van der Waals surface area contributed by atoms with E-state index in [9.17, 15) is 0 Å². The van der Waals surface area contributed by atoms with Crippen molar-refractivity contribution in [3.8, 4) is 12.3 Å². The second-order valence-electron chi connectivity index (χ2n) is 1.67. The summed E-state index contributed by atoms with van der Waals surface area (Å²) in [5.41, 5.74) is 11.0. The summed E-state index contributed by atoms with van der Waals surface area (Å²) in [4.78, 5) is 7.30. The van der Waals surface area contributed by atoms with E-state index in [1.807, 2.05) is 0 Å². The fourth-order valence-corrected chi connectivity index (χ4v) is 0.521. The average Bonchev–Trinajstić information content (AvgIpc) is 1.88. The van der Waals surface area contributed by atoms with Crippen LogP contribution in [0.5, 0.6) is 0 Å². The van der Waals surface area contributed by atoms with Crippen LogP contribution in [0.15, 0.2) is 6.20 Å². The summed E-state index contributed by atoms with van der Waals surface area (Å²) >= 11 is 0. The Morgan fingerprint density at radius 2 is 2.20 bits per heavy atom. The molecule has 1 aromatic rings. The van der Waals surface area contributed by atoms with E-state index in [2.05, 4.69) is 15.9 Å². The van der Waals surface area contributed by atoms with Gasteiger partial charge in [-0.05, 0) is 0 Å². The molecule has 0 aromatic carbocycles. The van der Waals surface area contributed by atoms with Crippen LogP contribution >= 0.6 is 0 Å². The molecule has 1 rings (SSSR count). The second kappa shape index (κ2) is 2.23. The molecule has 10 heavy (non-hydrogen) atoms. The Balaban J connectivity index is 3.23. The van der Waals surface area contributed by atoms with Crippen molar-refractivity contribution >= 4 is 11.8 Å². The molecule has 1 aromatic heterocycles. The van der Waals surface area contributed by atoms with Gasteiger partial charge in [-0.2, -0.15) is 4.98 Å². The summed E-state index contributed by atoms with van der Waals surface area (Å²) in [6.45, 7) is 0. The van der Waals surface area contributed by atoms with Crippen molar-refractivity contribution in [2.24, 2.45) is 0 Å². The molecule has 0 unspecified atom stereocenters. The molecule has 0 aliphatic carbocycles. The molecule has 0 saturated heterocycles. The molecule has 4 heteroatoms. The number of nitrogens with zero attached hydrogens (tertiary/aromatic N) is 2. The molecule has 0 radical (unpaired) electrons. The van der Waals surface area contributed by atoms with E-state index >= 15 is 0 Å². The molecule has 0 aliphatic rings. The van der Waals surface area contributed by atoms with E-state index in [4.69, 9.17) is 17.9 Å². The predicted octanol–water partition coefficient (Wildman–Crippen LogP) is -0.378. The minimum atomic E-state index is 0.136. The largest absolute Gasteiger partial charge is 0.382 e. The van der Waals surface area contributed by atoms with Crippen LogP contribution in [-0.4, -0.2) is 9.97 Å². The van der Waals surface area contributed by atoms with Gasteiger partial charge in [0.15, 0.2) is 0 Å². The number of hydrogen-bond donors (Lipinski definition) is 2. The van der Waals surface area contributed by atoms with Crippen molar-refractivity contribution in [2.75, 3.05) is 11.5 Å². The molecule has 0 bridgehead atoms. The highest BCUT2D eigenvalue weighted by Crippen LogP contribution is 2.04. The Morgan fingerprint density at radius 3 is 2.70 bits per heavy atom. The van der Waals surface area contributed by atoms with Crippen LogP contribution in [-0.2, 0) is 0 Å². The van der Waals surface area contributed by atoms with Gasteiger partial charge < -0.3 is 11.5 Å². The zero-order chi connectivity index (χ0) is 7.56. The third-order valence-electron chi connectivity index (χ3n) is 0.992. The van der Waals surface area contributed by atoms with Gasteiger partial charge in [0.05, 0.1) is 11.8 Å². The van der Waals surface area contributed by atoms with Crippen molar-refractivity contribution in [3.05, 3.63) is 11.8 Å². The zero-order valence-electron chi connectivity index (χ0n) is 5.20. The molecular weight excluding hydrogens is 128 g/mol. The van der Waals surface area contributed by atoms with Gasteiger partial charge in [0.25, 0.3) is 0 Å². The SMILES string of the molecule is C#Cc1cnc(N)nc1N. The number of hydrogen-bond acceptors (Lipinski definition) is 4. The van der Waals surface area contributed by atoms with Gasteiger partial charge >= 0.3 is 0 Å². The van der Waals surface area contributed by atoms with E-state index in [1.165, 1.54) is 6.20 Å². The Morgan fingerprint density at radius 1 is 1.50 bits per heavy atom. The third-order valence-corrected chi connectivity index (χ3v) is 0.992. The van der Waals surface area contributed by atoms with Gasteiger partial charge in [-0.1, -0.05) is 5.92 Å². The molecule has 0 saturated carbocycles. The van der Waals surface area contributed by atoms with Crippen molar-refractivity contribution in [1.29, 1.82) is 0 Å². The first-order chi connectivity index (χ1) is 4.74. The van der Waals surface area contributed by atoms with Gasteiger partial charge in [0.2, 0.25) is 5.95 Å². The second-order valence-corrected chi connectivity index (χ2v) is 1.67. The van der Waals surface area contributed by atoms with Crippen LogP contribution in [0.4, 0.5) is 11.8 Å². The van der Waals surface area contributed by atoms with Crippen LogP contribution in [0.3, 0.4) is 0 Å². The van der Waals surface area contributed by atoms with Gasteiger partial charge in [-0.25, -0.2) is 4.98 Å². The lowest BCUT2D eigenvalue weighted by Gasteiger charge is -1.95. The van der Waals surface area contributed by atoms with Gasteiger partial charge in [-0.3, -0.25) is 0 Å². The van der Waals surface area contributed by atoms with Crippen molar-refractivity contribution in [2.45, 2.75) is 0 Å².